The molecule has 4 aliphatic rings. The number of nitrogens with zero attached hydrogens (tertiary/aromatic N) is 3. The fraction of sp³-hybridized carbons (Fsp3) is 0.576. The van der Waals surface area contributed by atoms with Gasteiger partial charge >= 0.3 is 6.09 Å². The lowest BCUT2D eigenvalue weighted by Gasteiger charge is -2.32. The third-order valence-electron chi connectivity index (χ3n) is 9.98. The molecule has 1 saturated heterocycles. The van der Waals surface area contributed by atoms with Crippen LogP contribution in [-0.4, -0.2) is 94.8 Å². The summed E-state index contributed by atoms with van der Waals surface area (Å²) in [6, 6.07) is 2.88. The van der Waals surface area contributed by atoms with Gasteiger partial charge in [-0.3, -0.25) is 19.1 Å². The number of hydrogen-bond acceptors (Lipinski definition) is 10. The Hall–Kier alpha value is -4.47. The summed E-state index contributed by atoms with van der Waals surface area (Å²) in [5, 5.41) is 14.9. The number of amides is 4. The van der Waals surface area contributed by atoms with Gasteiger partial charge in [-0.2, -0.15) is 0 Å². The first-order valence-corrected chi connectivity index (χ1v) is 18.2. The fourth-order valence-electron chi connectivity index (χ4n) is 7.02. The van der Waals surface area contributed by atoms with Gasteiger partial charge in [-0.15, -0.1) is 0 Å². The van der Waals surface area contributed by atoms with Crippen LogP contribution in [0.15, 0.2) is 36.7 Å². The third-order valence-corrected chi connectivity index (χ3v) is 11.8. The van der Waals surface area contributed by atoms with Gasteiger partial charge < -0.3 is 30.1 Å². The highest BCUT2D eigenvalue weighted by Crippen LogP contribution is 2.46. The summed E-state index contributed by atoms with van der Waals surface area (Å²) in [7, 11) is -2.36. The van der Waals surface area contributed by atoms with E-state index in [1.54, 1.807) is 25.1 Å². The van der Waals surface area contributed by atoms with Crippen LogP contribution >= 0.6 is 0 Å². The number of aromatic nitrogens is 2. The molecule has 3 fully saturated rings. The van der Waals surface area contributed by atoms with Crippen LogP contribution in [0.25, 0.3) is 10.9 Å². The molecule has 0 radical (unpaired) electrons. The molecule has 7 unspecified atom stereocenters. The highest BCUT2D eigenvalue weighted by molar-refractivity contribution is 7.91. The molecule has 2 aliphatic carbocycles. The van der Waals surface area contributed by atoms with Crippen molar-refractivity contribution in [3.63, 3.8) is 0 Å². The summed E-state index contributed by atoms with van der Waals surface area (Å²) in [5.74, 6) is -2.00. The molecule has 0 bridgehead atoms. The van der Waals surface area contributed by atoms with E-state index in [4.69, 9.17) is 9.47 Å². The van der Waals surface area contributed by atoms with Gasteiger partial charge in [0.2, 0.25) is 27.7 Å². The highest BCUT2D eigenvalue weighted by atomic mass is 32.2. The Kier molecular flexibility index (Phi) is 9.44. The molecule has 6 rings (SSSR count). The Morgan fingerprint density at radius 1 is 1.12 bits per heavy atom. The second-order valence-electron chi connectivity index (χ2n) is 13.7. The molecule has 49 heavy (non-hydrogen) atoms. The van der Waals surface area contributed by atoms with Crippen LogP contribution in [0.3, 0.4) is 0 Å². The number of allylic oxidation sites excluding steroid dienone is 1. The molecule has 16 heteroatoms. The van der Waals surface area contributed by atoms with Crippen molar-refractivity contribution >= 4 is 44.7 Å². The first-order valence-electron chi connectivity index (χ1n) is 16.6. The first kappa shape index (κ1) is 34.4. The van der Waals surface area contributed by atoms with Crippen LogP contribution in [0.5, 0.6) is 11.6 Å². The molecule has 7 atom stereocenters. The van der Waals surface area contributed by atoms with E-state index in [0.717, 1.165) is 6.42 Å². The van der Waals surface area contributed by atoms with E-state index in [2.05, 4.69) is 25.3 Å². The molecule has 2 aromatic rings. The van der Waals surface area contributed by atoms with Crippen molar-refractivity contribution in [2.24, 2.45) is 17.8 Å². The van der Waals surface area contributed by atoms with E-state index in [1.807, 2.05) is 19.1 Å². The SMILES string of the molecule is COc1ccc2c(OC3CC4C(=O)NC5(C(=O)NS(=O)(=O)C6CC6)CC5C=CCCC(C)CC(C)C(NC(=O)O)C(=O)N4C3)ncnc2c1. The Morgan fingerprint density at radius 3 is 2.61 bits per heavy atom. The molecule has 15 nitrogen and oxygen atoms in total. The van der Waals surface area contributed by atoms with E-state index in [-0.39, 0.29) is 31.2 Å². The smallest absolute Gasteiger partial charge is 0.405 e. The van der Waals surface area contributed by atoms with Gasteiger partial charge in [0.15, 0.2) is 0 Å². The van der Waals surface area contributed by atoms with E-state index in [9.17, 15) is 32.7 Å². The van der Waals surface area contributed by atoms with Crippen LogP contribution in [0.1, 0.15) is 58.8 Å². The molecule has 1 aromatic carbocycles. The number of ether oxygens (including phenoxy) is 2. The number of nitrogens with one attached hydrogen (secondary N) is 3. The number of rotatable bonds is 7. The summed E-state index contributed by atoms with van der Waals surface area (Å²) in [6.07, 6.45) is 6.03. The van der Waals surface area contributed by atoms with Gasteiger partial charge in [-0.1, -0.05) is 26.0 Å². The number of carboxylic acid groups (broad SMARTS) is 1. The van der Waals surface area contributed by atoms with E-state index < -0.39 is 74.7 Å². The van der Waals surface area contributed by atoms with Gasteiger partial charge in [0.25, 0.3) is 5.91 Å². The average Bonchev–Trinajstić information content (AvgIpc) is 3.98. The number of sulfonamides is 1. The highest BCUT2D eigenvalue weighted by Gasteiger charge is 2.62. The normalized spacial score (nSPS) is 30.6. The second kappa shape index (κ2) is 13.4. The van der Waals surface area contributed by atoms with Crippen LogP contribution in [-0.2, 0) is 24.4 Å². The topological polar surface area (TPSA) is 206 Å². The van der Waals surface area contributed by atoms with E-state index in [1.165, 1.54) is 18.3 Å². The number of hydrogen-bond donors (Lipinski definition) is 4. The van der Waals surface area contributed by atoms with E-state index >= 15 is 0 Å². The van der Waals surface area contributed by atoms with Gasteiger partial charge in [0.05, 0.1) is 29.8 Å². The zero-order chi connectivity index (χ0) is 35.1. The largest absolute Gasteiger partial charge is 0.497 e. The van der Waals surface area contributed by atoms with Crippen molar-refractivity contribution in [1.29, 1.82) is 0 Å². The Bertz CT molecular complexity index is 1780. The van der Waals surface area contributed by atoms with Gasteiger partial charge in [0.1, 0.15) is 35.8 Å². The molecule has 0 spiro atoms. The summed E-state index contributed by atoms with van der Waals surface area (Å²) in [4.78, 5) is 63.9. The lowest BCUT2D eigenvalue weighted by molar-refractivity contribution is -0.142. The molecular weight excluding hydrogens is 656 g/mol. The second-order valence-corrected chi connectivity index (χ2v) is 15.7. The molecule has 1 aromatic heterocycles. The minimum Gasteiger partial charge on any atom is -0.497 e. The summed E-state index contributed by atoms with van der Waals surface area (Å²) in [5.41, 5.74) is -0.968. The number of benzene rings is 1. The zero-order valence-electron chi connectivity index (χ0n) is 27.6. The summed E-state index contributed by atoms with van der Waals surface area (Å²) >= 11 is 0. The van der Waals surface area contributed by atoms with Crippen LogP contribution < -0.4 is 24.8 Å². The lowest BCUT2D eigenvalue weighted by atomic mass is 9.88. The molecule has 4 amide bonds. The average molecular weight is 699 g/mol. The van der Waals surface area contributed by atoms with Crippen molar-refractivity contribution in [2.75, 3.05) is 13.7 Å². The van der Waals surface area contributed by atoms with Crippen molar-refractivity contribution in [3.05, 3.63) is 36.7 Å². The predicted octanol–water partition coefficient (Wildman–Crippen LogP) is 2.12. The number of carbonyl (C=O) groups is 4. The Balaban J connectivity index is 1.33. The molecule has 2 saturated carbocycles. The Labute approximate surface area is 284 Å². The van der Waals surface area contributed by atoms with Crippen molar-refractivity contribution in [1.82, 2.24) is 30.2 Å². The molecule has 3 heterocycles. The standard InChI is InChI=1S/C33H42N6O9S/c1-18-6-4-5-7-20-15-33(20,31(42)38-49(45,46)23-9-10-23)37-28(40)26-14-22(16-39(26)30(41)27(19(2)12-18)36-32(43)44)48-29-24-11-8-21(47-3)13-25(24)34-17-35-29/h5,7-8,11,13,17-20,22-23,26-27,36H,4,6,9-10,12,14-16H2,1-3H3,(H,37,40)(H,38,42)(H,43,44). The zero-order valence-corrected chi connectivity index (χ0v) is 28.4. The number of carbonyl (C=O) groups excluding carboxylic acids is 3. The summed E-state index contributed by atoms with van der Waals surface area (Å²) in [6.45, 7) is 3.76. The van der Waals surface area contributed by atoms with Crippen LogP contribution in [0.2, 0.25) is 0 Å². The Morgan fingerprint density at radius 2 is 1.90 bits per heavy atom. The maximum atomic E-state index is 14.3. The van der Waals surface area contributed by atoms with Crippen molar-refractivity contribution in [3.8, 4) is 11.6 Å². The maximum absolute atomic E-state index is 14.3. The van der Waals surface area contributed by atoms with Gasteiger partial charge in [-0.05, 0) is 62.5 Å². The minimum absolute atomic E-state index is 0.00236. The van der Waals surface area contributed by atoms with E-state index in [0.29, 0.717) is 42.3 Å². The number of methoxy groups -OCH3 is 1. The molecule has 4 N–H and O–H groups in total. The fourth-order valence-corrected chi connectivity index (χ4v) is 8.39. The monoisotopic (exact) mass is 698 g/mol. The first-order chi connectivity index (χ1) is 23.3. The van der Waals surface area contributed by atoms with Crippen LogP contribution in [0, 0.1) is 17.8 Å². The summed E-state index contributed by atoms with van der Waals surface area (Å²) < 4.78 is 39.3. The van der Waals surface area contributed by atoms with Crippen molar-refractivity contribution in [2.45, 2.75) is 87.8 Å². The third kappa shape index (κ3) is 7.28. The van der Waals surface area contributed by atoms with Crippen LogP contribution in [0.4, 0.5) is 4.79 Å². The van der Waals surface area contributed by atoms with Gasteiger partial charge in [0, 0.05) is 18.4 Å². The predicted molar refractivity (Wildman–Crippen MR) is 176 cm³/mol. The quantitative estimate of drug-likeness (QED) is 0.308. The minimum atomic E-state index is -3.90. The molecular formula is C33H42N6O9S. The van der Waals surface area contributed by atoms with Crippen molar-refractivity contribution < 1.29 is 42.2 Å². The maximum Gasteiger partial charge on any atom is 0.405 e. The van der Waals surface area contributed by atoms with Gasteiger partial charge in [-0.25, -0.2) is 23.2 Å². The molecule has 2 aliphatic heterocycles. The lowest BCUT2D eigenvalue weighted by Crippen LogP contribution is -2.59. The molecule has 264 valence electrons. The number of fused-ring (bicyclic) bond motifs is 3.